The van der Waals surface area contributed by atoms with Crippen molar-refractivity contribution in [3.8, 4) is 0 Å². The lowest BCUT2D eigenvalue weighted by Crippen LogP contribution is -2.35. The van der Waals surface area contributed by atoms with E-state index in [4.69, 9.17) is 10.5 Å². The van der Waals surface area contributed by atoms with Gasteiger partial charge in [-0.05, 0) is 5.56 Å². The maximum atomic E-state index is 11.7. The molecule has 2 rings (SSSR count). The Hall–Kier alpha value is -0.910. The lowest BCUT2D eigenvalue weighted by Gasteiger charge is -2.09. The fourth-order valence-corrected chi connectivity index (χ4v) is 4.47. The minimum absolute atomic E-state index is 0.168. The van der Waals surface area contributed by atoms with Crippen LogP contribution in [0.1, 0.15) is 11.5 Å². The van der Waals surface area contributed by atoms with Gasteiger partial charge in [0.2, 0.25) is 0 Å². The number of methoxy groups -OCH3 is 1. The highest BCUT2D eigenvalue weighted by atomic mass is 32.2. The van der Waals surface area contributed by atoms with Gasteiger partial charge in [0.05, 0.1) is 17.4 Å². The van der Waals surface area contributed by atoms with E-state index < -0.39 is 20.6 Å². The van der Waals surface area contributed by atoms with E-state index in [1.165, 1.54) is 13.4 Å². The molecule has 17 heavy (non-hydrogen) atoms. The maximum Gasteiger partial charge on any atom is 0.152 e. The van der Waals surface area contributed by atoms with Gasteiger partial charge in [-0.3, -0.25) is 0 Å². The molecule has 4 nitrogen and oxygen atoms in total. The van der Waals surface area contributed by atoms with Gasteiger partial charge in [-0.25, -0.2) is 8.42 Å². The van der Waals surface area contributed by atoms with Crippen molar-refractivity contribution in [1.29, 1.82) is 0 Å². The molecular weight excluding hydrogens is 238 g/mol. The summed E-state index contributed by atoms with van der Waals surface area (Å²) in [4.78, 5) is 0. The Kier molecular flexibility index (Phi) is 3.01. The highest BCUT2D eigenvalue weighted by molar-refractivity contribution is 7.91. The molecule has 0 aromatic heterocycles. The number of ether oxygens (including phenoxy) is 1. The quantitative estimate of drug-likeness (QED) is 0.852. The molecule has 1 aromatic rings. The van der Waals surface area contributed by atoms with E-state index in [-0.39, 0.29) is 12.5 Å². The van der Waals surface area contributed by atoms with Gasteiger partial charge >= 0.3 is 0 Å². The minimum Gasteiger partial charge on any atom is -0.383 e. The van der Waals surface area contributed by atoms with E-state index in [2.05, 4.69) is 0 Å². The first kappa shape index (κ1) is 12.5. The first-order chi connectivity index (χ1) is 7.91. The van der Waals surface area contributed by atoms with E-state index in [1.807, 2.05) is 30.3 Å². The summed E-state index contributed by atoms with van der Waals surface area (Å²) in [7, 11) is -1.63. The van der Waals surface area contributed by atoms with Gasteiger partial charge < -0.3 is 10.5 Å². The fraction of sp³-hybridized carbons (Fsp3) is 0.500. The van der Waals surface area contributed by atoms with Crippen LogP contribution in [0.5, 0.6) is 0 Å². The van der Waals surface area contributed by atoms with E-state index in [1.54, 1.807) is 0 Å². The molecule has 0 saturated heterocycles. The molecule has 0 spiro atoms. The Morgan fingerprint density at radius 2 is 1.94 bits per heavy atom. The summed E-state index contributed by atoms with van der Waals surface area (Å²) >= 11 is 0. The third kappa shape index (κ3) is 2.10. The summed E-state index contributed by atoms with van der Waals surface area (Å²) in [6.07, 6.45) is 1.23. The third-order valence-electron chi connectivity index (χ3n) is 3.32. The first-order valence-electron chi connectivity index (χ1n) is 5.43. The SMILES string of the molecule is COC[C@@]1(N)[C@H](c2ccccc2)[C@@H]1S(C)(=O)=O. The van der Waals surface area contributed by atoms with Gasteiger partial charge in [-0.2, -0.15) is 0 Å². The molecular formula is C12H17NO3S. The summed E-state index contributed by atoms with van der Waals surface area (Å²) in [5.41, 5.74) is 6.33. The first-order valence-corrected chi connectivity index (χ1v) is 7.38. The minimum atomic E-state index is -3.16. The Labute approximate surface area is 102 Å². The topological polar surface area (TPSA) is 69.4 Å². The average molecular weight is 255 g/mol. The summed E-state index contributed by atoms with van der Waals surface area (Å²) in [5.74, 6) is -0.168. The number of nitrogens with two attached hydrogens (primary N) is 1. The van der Waals surface area contributed by atoms with Crippen LogP contribution in [0.25, 0.3) is 0 Å². The van der Waals surface area contributed by atoms with Crippen LogP contribution in [0.3, 0.4) is 0 Å². The second-order valence-corrected chi connectivity index (χ2v) is 6.85. The number of rotatable bonds is 4. The van der Waals surface area contributed by atoms with Crippen LogP contribution in [0, 0.1) is 0 Å². The highest BCUT2D eigenvalue weighted by Crippen LogP contribution is 2.53. The van der Waals surface area contributed by atoms with Gasteiger partial charge in [-0.1, -0.05) is 30.3 Å². The molecule has 0 amide bonds. The van der Waals surface area contributed by atoms with Gasteiger partial charge in [0.15, 0.2) is 9.84 Å². The molecule has 5 heteroatoms. The zero-order chi connectivity index (χ0) is 12.7. The van der Waals surface area contributed by atoms with Crippen LogP contribution in [-0.4, -0.2) is 39.2 Å². The number of sulfone groups is 1. The average Bonchev–Trinajstić information content (AvgIpc) is 2.86. The van der Waals surface area contributed by atoms with E-state index in [0.717, 1.165) is 5.56 Å². The summed E-state index contributed by atoms with van der Waals surface area (Å²) in [5, 5.41) is -0.544. The lowest BCUT2D eigenvalue weighted by atomic mass is 10.1. The highest BCUT2D eigenvalue weighted by Gasteiger charge is 2.67. The van der Waals surface area contributed by atoms with E-state index in [9.17, 15) is 8.42 Å². The largest absolute Gasteiger partial charge is 0.383 e. The number of benzene rings is 1. The molecule has 0 radical (unpaired) electrons. The summed E-state index contributed by atoms with van der Waals surface area (Å²) < 4.78 is 28.5. The van der Waals surface area contributed by atoms with E-state index in [0.29, 0.717) is 0 Å². The van der Waals surface area contributed by atoms with Crippen molar-refractivity contribution >= 4 is 9.84 Å². The van der Waals surface area contributed by atoms with Crippen LogP contribution in [-0.2, 0) is 14.6 Å². The lowest BCUT2D eigenvalue weighted by molar-refractivity contribution is 0.171. The second kappa shape index (κ2) is 4.08. The monoisotopic (exact) mass is 255 g/mol. The second-order valence-electron chi connectivity index (χ2n) is 4.68. The molecule has 0 unspecified atom stereocenters. The molecule has 1 aliphatic rings. The molecule has 3 atom stereocenters. The fourth-order valence-electron chi connectivity index (χ4n) is 2.64. The molecule has 1 aliphatic carbocycles. The zero-order valence-electron chi connectivity index (χ0n) is 9.96. The molecule has 1 aromatic carbocycles. The van der Waals surface area contributed by atoms with Crippen LogP contribution >= 0.6 is 0 Å². The molecule has 94 valence electrons. The van der Waals surface area contributed by atoms with Crippen molar-refractivity contribution in [2.45, 2.75) is 16.7 Å². The van der Waals surface area contributed by atoms with Crippen LogP contribution in [0.15, 0.2) is 30.3 Å². The third-order valence-corrected chi connectivity index (χ3v) is 4.95. The normalized spacial score (nSPS) is 32.4. The summed E-state index contributed by atoms with van der Waals surface area (Å²) in [6.45, 7) is 0.254. The predicted molar refractivity (Wildman–Crippen MR) is 66.6 cm³/mol. The Morgan fingerprint density at radius 1 is 1.35 bits per heavy atom. The van der Waals surface area contributed by atoms with Gasteiger partial charge in [-0.15, -0.1) is 0 Å². The van der Waals surface area contributed by atoms with Crippen molar-refractivity contribution < 1.29 is 13.2 Å². The summed E-state index contributed by atoms with van der Waals surface area (Å²) in [6, 6.07) is 9.50. The smallest absolute Gasteiger partial charge is 0.152 e. The molecule has 1 fully saturated rings. The van der Waals surface area contributed by atoms with Crippen molar-refractivity contribution in [3.63, 3.8) is 0 Å². The number of hydrogen-bond acceptors (Lipinski definition) is 4. The predicted octanol–water partition coefficient (Wildman–Crippen LogP) is 0.541. The van der Waals surface area contributed by atoms with Crippen molar-refractivity contribution in [3.05, 3.63) is 35.9 Å². The van der Waals surface area contributed by atoms with Crippen LogP contribution in [0.2, 0.25) is 0 Å². The van der Waals surface area contributed by atoms with Crippen molar-refractivity contribution in [2.75, 3.05) is 20.0 Å². The maximum absolute atomic E-state index is 11.7. The van der Waals surface area contributed by atoms with E-state index >= 15 is 0 Å². The Morgan fingerprint density at radius 3 is 2.41 bits per heavy atom. The zero-order valence-corrected chi connectivity index (χ0v) is 10.8. The van der Waals surface area contributed by atoms with Crippen molar-refractivity contribution in [2.24, 2.45) is 5.73 Å². The molecule has 2 N–H and O–H groups in total. The van der Waals surface area contributed by atoms with Crippen LogP contribution in [0.4, 0.5) is 0 Å². The Balaban J connectivity index is 2.35. The van der Waals surface area contributed by atoms with Crippen LogP contribution < -0.4 is 5.73 Å². The molecule has 0 heterocycles. The Bertz CT molecular complexity index is 500. The molecule has 0 bridgehead atoms. The van der Waals surface area contributed by atoms with Gasteiger partial charge in [0, 0.05) is 19.3 Å². The standard InChI is InChI=1S/C12H17NO3S/c1-16-8-12(13)10(11(12)17(2,14)15)9-6-4-3-5-7-9/h3-7,10-11H,8,13H2,1-2H3/t10-,11+,12-/m1/s1. The number of hydrogen-bond donors (Lipinski definition) is 1. The van der Waals surface area contributed by atoms with Crippen molar-refractivity contribution in [1.82, 2.24) is 0 Å². The molecule has 0 aliphatic heterocycles. The molecule has 1 saturated carbocycles. The van der Waals surface area contributed by atoms with Gasteiger partial charge in [0.25, 0.3) is 0 Å². The van der Waals surface area contributed by atoms with Gasteiger partial charge in [0.1, 0.15) is 0 Å².